The number of likely N-dealkylation sites (tertiary alicyclic amines) is 1. The number of piperidine rings is 1. The van der Waals surface area contributed by atoms with Gasteiger partial charge in [0.2, 0.25) is 11.8 Å². The minimum atomic E-state index is -0.548. The van der Waals surface area contributed by atoms with Crippen LogP contribution in [0.15, 0.2) is 30.3 Å². The molecule has 2 atom stereocenters. The lowest BCUT2D eigenvalue weighted by atomic mass is 9.91. The molecule has 0 bridgehead atoms. The summed E-state index contributed by atoms with van der Waals surface area (Å²) >= 11 is 3.59. The predicted octanol–water partition coefficient (Wildman–Crippen LogP) is 4.01. The summed E-state index contributed by atoms with van der Waals surface area (Å²) in [6.45, 7) is 7.16. The Morgan fingerprint density at radius 2 is 1.83 bits per heavy atom. The molecule has 0 spiro atoms. The normalized spacial score (nSPS) is 23.3. The van der Waals surface area contributed by atoms with Crippen molar-refractivity contribution >= 4 is 35.3 Å². The van der Waals surface area contributed by atoms with Gasteiger partial charge in [-0.2, -0.15) is 11.8 Å². The van der Waals surface area contributed by atoms with Crippen LogP contribution in [0.25, 0.3) is 0 Å². The van der Waals surface area contributed by atoms with Gasteiger partial charge in [0.1, 0.15) is 6.04 Å². The van der Waals surface area contributed by atoms with Crippen molar-refractivity contribution in [3.63, 3.8) is 0 Å². The fraction of sp³-hybridized carbons (Fsp3) is 0.714. The van der Waals surface area contributed by atoms with Crippen molar-refractivity contribution in [2.24, 2.45) is 5.92 Å². The Morgan fingerprint density at radius 1 is 1.11 bits per heavy atom. The molecule has 2 aliphatic heterocycles. The highest BCUT2D eigenvalue weighted by molar-refractivity contribution is 8.00. The topological polar surface area (TPSA) is 73.5 Å². The number of nitrogens with one attached hydrogen (secondary N) is 3. The number of nitrogens with zero attached hydrogens (tertiary/aromatic N) is 1. The molecule has 0 aromatic heterocycles. The molecule has 200 valence electrons. The minimum absolute atomic E-state index is 0.0309. The highest BCUT2D eigenvalue weighted by Gasteiger charge is 2.40. The molecule has 1 saturated carbocycles. The van der Waals surface area contributed by atoms with E-state index in [1.54, 1.807) is 11.8 Å². The molecule has 36 heavy (non-hydrogen) atoms. The Labute approximate surface area is 225 Å². The Hall–Kier alpha value is -1.22. The van der Waals surface area contributed by atoms with Gasteiger partial charge < -0.3 is 10.6 Å². The van der Waals surface area contributed by atoms with Crippen molar-refractivity contribution in [3.05, 3.63) is 35.9 Å². The Bertz CT molecular complexity index is 833. The quantitative estimate of drug-likeness (QED) is 0.423. The van der Waals surface area contributed by atoms with Crippen molar-refractivity contribution in [1.29, 1.82) is 0 Å². The molecule has 3 N–H and O–H groups in total. The number of carbonyl (C=O) groups is 2. The maximum absolute atomic E-state index is 13.7. The fourth-order valence-corrected chi connectivity index (χ4v) is 7.77. The zero-order chi connectivity index (χ0) is 25.4. The van der Waals surface area contributed by atoms with Crippen LogP contribution in [-0.2, 0) is 16.1 Å². The Kier molecular flexibility index (Phi) is 10.5. The predicted molar refractivity (Wildman–Crippen MR) is 152 cm³/mol. The summed E-state index contributed by atoms with van der Waals surface area (Å²) in [5, 5.41) is 9.73. The first-order valence-electron chi connectivity index (χ1n) is 13.7. The summed E-state index contributed by atoms with van der Waals surface area (Å²) in [4.78, 5) is 29.2. The van der Waals surface area contributed by atoms with Gasteiger partial charge in [0.05, 0.1) is 6.04 Å². The number of amides is 2. The maximum atomic E-state index is 13.7. The van der Waals surface area contributed by atoms with E-state index < -0.39 is 6.04 Å². The van der Waals surface area contributed by atoms with E-state index in [0.29, 0.717) is 0 Å². The monoisotopic (exact) mass is 532 g/mol. The van der Waals surface area contributed by atoms with Crippen LogP contribution in [0.3, 0.4) is 0 Å². The number of hydrogen-bond acceptors (Lipinski definition) is 6. The Balaban J connectivity index is 1.33. The molecule has 4 rings (SSSR count). The van der Waals surface area contributed by atoms with E-state index in [9.17, 15) is 9.59 Å². The van der Waals surface area contributed by atoms with Crippen molar-refractivity contribution in [3.8, 4) is 0 Å². The van der Waals surface area contributed by atoms with E-state index in [2.05, 4.69) is 65.0 Å². The molecule has 0 radical (unpaired) electrons. The van der Waals surface area contributed by atoms with Gasteiger partial charge in [-0.15, -0.1) is 11.8 Å². The van der Waals surface area contributed by atoms with Crippen LogP contribution in [0.5, 0.6) is 0 Å². The van der Waals surface area contributed by atoms with E-state index in [1.165, 1.54) is 37.7 Å². The molecular weight excluding hydrogens is 488 g/mol. The summed E-state index contributed by atoms with van der Waals surface area (Å²) in [7, 11) is 0. The maximum Gasteiger partial charge on any atom is 0.244 e. The zero-order valence-corrected chi connectivity index (χ0v) is 23.6. The lowest BCUT2D eigenvalue weighted by Gasteiger charge is -2.38. The minimum Gasteiger partial charge on any atom is -0.351 e. The lowest BCUT2D eigenvalue weighted by Crippen LogP contribution is -2.61. The first-order chi connectivity index (χ1) is 17.4. The average molecular weight is 533 g/mol. The van der Waals surface area contributed by atoms with Crippen LogP contribution < -0.4 is 16.0 Å². The van der Waals surface area contributed by atoms with Gasteiger partial charge in [-0.25, -0.2) is 0 Å². The van der Waals surface area contributed by atoms with Crippen LogP contribution in [0, 0.1) is 5.92 Å². The molecular formula is C28H44N4O2S2. The van der Waals surface area contributed by atoms with E-state index in [1.807, 2.05) is 11.8 Å². The molecule has 6 nitrogen and oxygen atoms in total. The summed E-state index contributed by atoms with van der Waals surface area (Å²) in [6.07, 6.45) is 8.45. The summed E-state index contributed by atoms with van der Waals surface area (Å²) in [5.41, 5.74) is 1.33. The molecule has 1 aromatic carbocycles. The molecule has 3 fully saturated rings. The standard InChI is InChI=1S/C28H44N4O2S2/c1-28(2,36-18-22-11-7-4-8-12-22)25(31-26(33)24-19-35-20-29-24)27(34)30-23-13-15-32(16-14-23)17-21-9-5-3-6-10-21/h3,5-6,9-10,22-25,29H,4,7-8,11-20H2,1-2H3,(H,30,34)(H,31,33)/t24-,25+/m0/s1. The number of rotatable bonds is 10. The first-order valence-corrected chi connectivity index (χ1v) is 15.9. The smallest absolute Gasteiger partial charge is 0.244 e. The summed E-state index contributed by atoms with van der Waals surface area (Å²) in [5.74, 6) is 3.25. The average Bonchev–Trinajstić information content (AvgIpc) is 3.44. The largest absolute Gasteiger partial charge is 0.351 e. The second kappa shape index (κ2) is 13.5. The molecule has 1 aliphatic carbocycles. The third kappa shape index (κ3) is 8.14. The van der Waals surface area contributed by atoms with E-state index >= 15 is 0 Å². The van der Waals surface area contributed by atoms with E-state index in [-0.39, 0.29) is 28.6 Å². The number of carbonyl (C=O) groups excluding carboxylic acids is 2. The van der Waals surface area contributed by atoms with Gasteiger partial charge in [-0.05, 0) is 56.8 Å². The zero-order valence-electron chi connectivity index (χ0n) is 22.0. The molecule has 8 heteroatoms. The van der Waals surface area contributed by atoms with Crippen molar-refractivity contribution in [2.45, 2.75) is 88.2 Å². The highest BCUT2D eigenvalue weighted by Crippen LogP contribution is 2.35. The van der Waals surface area contributed by atoms with Crippen LogP contribution in [0.2, 0.25) is 0 Å². The SMILES string of the molecule is CC(C)(SCC1CCCCC1)[C@H](NC(=O)[C@@H]1CSCN1)C(=O)NC1CCN(Cc2ccccc2)CC1. The van der Waals surface area contributed by atoms with Crippen LogP contribution in [-0.4, -0.2) is 70.1 Å². The summed E-state index contributed by atoms with van der Waals surface area (Å²) < 4.78 is -0.378. The molecule has 2 saturated heterocycles. The van der Waals surface area contributed by atoms with Gasteiger partial charge in [0, 0.05) is 42.1 Å². The molecule has 1 aromatic rings. The van der Waals surface area contributed by atoms with Gasteiger partial charge in [0.25, 0.3) is 0 Å². The third-order valence-corrected chi connectivity index (χ3v) is 10.4. The number of hydrogen-bond donors (Lipinski definition) is 3. The van der Waals surface area contributed by atoms with E-state index in [0.717, 1.165) is 55.8 Å². The lowest BCUT2D eigenvalue weighted by molar-refractivity contribution is -0.130. The van der Waals surface area contributed by atoms with Crippen LogP contribution in [0.4, 0.5) is 0 Å². The second-order valence-electron chi connectivity index (χ2n) is 11.2. The van der Waals surface area contributed by atoms with Crippen LogP contribution in [0.1, 0.15) is 64.4 Å². The van der Waals surface area contributed by atoms with Gasteiger partial charge in [-0.3, -0.25) is 19.8 Å². The highest BCUT2D eigenvalue weighted by atomic mass is 32.2. The van der Waals surface area contributed by atoms with Crippen molar-refractivity contribution in [2.75, 3.05) is 30.5 Å². The number of thioether (sulfide) groups is 2. The van der Waals surface area contributed by atoms with E-state index in [4.69, 9.17) is 0 Å². The second-order valence-corrected chi connectivity index (χ2v) is 13.9. The molecule has 2 heterocycles. The van der Waals surface area contributed by atoms with Gasteiger partial charge >= 0.3 is 0 Å². The molecule has 0 unspecified atom stereocenters. The fourth-order valence-electron chi connectivity index (χ4n) is 5.49. The molecule has 2 amide bonds. The summed E-state index contributed by atoms with van der Waals surface area (Å²) in [6, 6.07) is 9.96. The first kappa shape index (κ1) is 27.8. The van der Waals surface area contributed by atoms with Gasteiger partial charge in [0.15, 0.2) is 0 Å². The van der Waals surface area contributed by atoms with Crippen molar-refractivity contribution < 1.29 is 9.59 Å². The van der Waals surface area contributed by atoms with Crippen LogP contribution >= 0.6 is 23.5 Å². The van der Waals surface area contributed by atoms with Crippen molar-refractivity contribution in [1.82, 2.24) is 20.9 Å². The third-order valence-electron chi connectivity index (χ3n) is 7.88. The Morgan fingerprint density at radius 3 is 2.50 bits per heavy atom. The number of benzene rings is 1. The molecule has 3 aliphatic rings. The van der Waals surface area contributed by atoms with Gasteiger partial charge in [-0.1, -0.05) is 49.6 Å².